The zero-order valence-corrected chi connectivity index (χ0v) is 13.7. The van der Waals surface area contributed by atoms with E-state index in [9.17, 15) is 0 Å². The molecule has 0 bridgehead atoms. The third-order valence-electron chi connectivity index (χ3n) is 4.46. The van der Waals surface area contributed by atoms with Crippen LogP contribution in [0.1, 0.15) is 50.7 Å². The molecule has 1 aromatic carbocycles. The lowest BCUT2D eigenvalue weighted by Gasteiger charge is -2.34. The van der Waals surface area contributed by atoms with Crippen molar-refractivity contribution in [2.24, 2.45) is 5.73 Å². The highest BCUT2D eigenvalue weighted by molar-refractivity contribution is 5.75. The summed E-state index contributed by atoms with van der Waals surface area (Å²) in [6.07, 6.45) is 2.86. The van der Waals surface area contributed by atoms with Gasteiger partial charge in [-0.3, -0.25) is 0 Å². The SMILES string of the molecule is CC(C)c1noc(-c2ccccc2-c2nc(C3(N)CCC3)no2)n1. The Morgan fingerprint density at radius 3 is 2.17 bits per heavy atom. The Kier molecular flexibility index (Phi) is 3.45. The Morgan fingerprint density at radius 2 is 1.62 bits per heavy atom. The van der Waals surface area contributed by atoms with E-state index in [-0.39, 0.29) is 5.92 Å². The maximum absolute atomic E-state index is 6.28. The van der Waals surface area contributed by atoms with Gasteiger partial charge >= 0.3 is 0 Å². The van der Waals surface area contributed by atoms with Gasteiger partial charge in [0.25, 0.3) is 11.8 Å². The Morgan fingerprint density at radius 1 is 1.00 bits per heavy atom. The summed E-state index contributed by atoms with van der Waals surface area (Å²) < 4.78 is 10.9. The second kappa shape index (κ2) is 5.52. The normalized spacial score (nSPS) is 16.3. The molecule has 2 heterocycles. The van der Waals surface area contributed by atoms with Crippen molar-refractivity contribution in [3.8, 4) is 22.9 Å². The lowest BCUT2D eigenvalue weighted by molar-refractivity contribution is 0.229. The zero-order valence-electron chi connectivity index (χ0n) is 13.7. The number of nitrogens with two attached hydrogens (primary N) is 1. The predicted molar refractivity (Wildman–Crippen MR) is 86.8 cm³/mol. The van der Waals surface area contributed by atoms with Crippen LogP contribution in [-0.4, -0.2) is 20.3 Å². The lowest BCUT2D eigenvalue weighted by Crippen LogP contribution is -2.44. The average molecular weight is 325 g/mol. The number of hydrogen-bond acceptors (Lipinski definition) is 7. The molecule has 4 rings (SSSR count). The van der Waals surface area contributed by atoms with Crippen molar-refractivity contribution >= 4 is 0 Å². The van der Waals surface area contributed by atoms with Crippen LogP contribution in [0.2, 0.25) is 0 Å². The van der Waals surface area contributed by atoms with Gasteiger partial charge in [-0.25, -0.2) is 0 Å². The van der Waals surface area contributed by atoms with Crippen LogP contribution in [0.4, 0.5) is 0 Å². The second-order valence-corrected chi connectivity index (χ2v) is 6.59. The van der Waals surface area contributed by atoms with Crippen LogP contribution in [-0.2, 0) is 5.54 Å². The fourth-order valence-electron chi connectivity index (χ4n) is 2.75. The van der Waals surface area contributed by atoms with Crippen LogP contribution in [0.15, 0.2) is 33.3 Å². The highest BCUT2D eigenvalue weighted by atomic mass is 16.5. The van der Waals surface area contributed by atoms with Gasteiger partial charge in [0.2, 0.25) is 0 Å². The first-order valence-corrected chi connectivity index (χ1v) is 8.13. The molecule has 1 fully saturated rings. The lowest BCUT2D eigenvalue weighted by atomic mass is 9.77. The van der Waals surface area contributed by atoms with Crippen molar-refractivity contribution < 1.29 is 9.05 Å². The molecule has 2 N–H and O–H groups in total. The molecule has 0 unspecified atom stereocenters. The van der Waals surface area contributed by atoms with E-state index in [0.717, 1.165) is 30.4 Å². The van der Waals surface area contributed by atoms with Crippen LogP contribution in [0, 0.1) is 0 Å². The van der Waals surface area contributed by atoms with E-state index in [1.165, 1.54) is 0 Å². The molecule has 0 radical (unpaired) electrons. The van der Waals surface area contributed by atoms with Crippen molar-refractivity contribution in [1.82, 2.24) is 20.3 Å². The topological polar surface area (TPSA) is 104 Å². The Bertz CT molecular complexity index is 863. The van der Waals surface area contributed by atoms with E-state index in [1.54, 1.807) is 0 Å². The summed E-state index contributed by atoms with van der Waals surface area (Å²) in [6.45, 7) is 4.04. The first-order chi connectivity index (χ1) is 11.6. The molecule has 0 spiro atoms. The molecule has 0 amide bonds. The first-order valence-electron chi connectivity index (χ1n) is 8.13. The molecule has 3 aromatic rings. The molecule has 7 nitrogen and oxygen atoms in total. The third kappa shape index (κ3) is 2.41. The van der Waals surface area contributed by atoms with Crippen molar-refractivity contribution in [2.75, 3.05) is 0 Å². The van der Waals surface area contributed by atoms with E-state index in [4.69, 9.17) is 14.8 Å². The maximum Gasteiger partial charge on any atom is 0.258 e. The van der Waals surface area contributed by atoms with Gasteiger partial charge in [0.05, 0.1) is 16.7 Å². The van der Waals surface area contributed by atoms with Crippen molar-refractivity contribution in [3.63, 3.8) is 0 Å². The van der Waals surface area contributed by atoms with E-state index >= 15 is 0 Å². The summed E-state index contributed by atoms with van der Waals surface area (Å²) >= 11 is 0. The van der Waals surface area contributed by atoms with Gasteiger partial charge in [-0.1, -0.05) is 36.3 Å². The summed E-state index contributed by atoms with van der Waals surface area (Å²) in [5.41, 5.74) is 7.36. The highest BCUT2D eigenvalue weighted by Gasteiger charge is 2.39. The van der Waals surface area contributed by atoms with Gasteiger partial charge in [0, 0.05) is 5.92 Å². The summed E-state index contributed by atoms with van der Waals surface area (Å²) in [5.74, 6) is 2.29. The largest absolute Gasteiger partial charge is 0.334 e. The standard InChI is InChI=1S/C17H19N5O2/c1-10(2)13-19-14(23-21-13)11-6-3-4-7-12(11)15-20-16(22-24-15)17(18)8-5-9-17/h3-4,6-7,10H,5,8-9,18H2,1-2H3. The molecular weight excluding hydrogens is 306 g/mol. The molecule has 24 heavy (non-hydrogen) atoms. The Labute approximate surface area is 139 Å². The van der Waals surface area contributed by atoms with Crippen molar-refractivity contribution in [1.29, 1.82) is 0 Å². The van der Waals surface area contributed by atoms with Gasteiger partial charge in [0.15, 0.2) is 11.6 Å². The van der Waals surface area contributed by atoms with E-state index in [0.29, 0.717) is 23.4 Å². The second-order valence-electron chi connectivity index (χ2n) is 6.59. The molecule has 0 atom stereocenters. The van der Waals surface area contributed by atoms with E-state index in [2.05, 4.69) is 20.3 Å². The minimum Gasteiger partial charge on any atom is -0.334 e. The maximum atomic E-state index is 6.28. The molecule has 2 aromatic heterocycles. The molecule has 1 aliphatic rings. The molecule has 0 aliphatic heterocycles. The van der Waals surface area contributed by atoms with Gasteiger partial charge < -0.3 is 14.8 Å². The predicted octanol–water partition coefficient (Wildman–Crippen LogP) is 3.25. The summed E-state index contributed by atoms with van der Waals surface area (Å²) in [4.78, 5) is 8.97. The summed E-state index contributed by atoms with van der Waals surface area (Å²) in [7, 11) is 0. The van der Waals surface area contributed by atoms with Crippen molar-refractivity contribution in [3.05, 3.63) is 35.9 Å². The van der Waals surface area contributed by atoms with Crippen LogP contribution in [0.3, 0.4) is 0 Å². The molecule has 7 heteroatoms. The Hall–Kier alpha value is -2.54. The molecule has 124 valence electrons. The fourth-order valence-corrected chi connectivity index (χ4v) is 2.75. The number of rotatable bonds is 4. The smallest absolute Gasteiger partial charge is 0.258 e. The zero-order chi connectivity index (χ0) is 16.7. The van der Waals surface area contributed by atoms with Crippen LogP contribution in [0.25, 0.3) is 22.9 Å². The minimum absolute atomic E-state index is 0.195. The van der Waals surface area contributed by atoms with Crippen LogP contribution in [0.5, 0.6) is 0 Å². The van der Waals surface area contributed by atoms with Crippen LogP contribution < -0.4 is 5.73 Å². The number of aromatic nitrogens is 4. The first kappa shape index (κ1) is 15.0. The van der Waals surface area contributed by atoms with E-state index < -0.39 is 5.54 Å². The quantitative estimate of drug-likeness (QED) is 0.785. The minimum atomic E-state index is -0.452. The Balaban J connectivity index is 1.74. The molecule has 1 aliphatic carbocycles. The average Bonchev–Trinajstić information content (AvgIpc) is 3.22. The van der Waals surface area contributed by atoms with Gasteiger partial charge in [0.1, 0.15) is 0 Å². The highest BCUT2D eigenvalue weighted by Crippen LogP contribution is 2.38. The summed E-state index contributed by atoms with van der Waals surface area (Å²) in [5, 5.41) is 8.10. The van der Waals surface area contributed by atoms with E-state index in [1.807, 2.05) is 38.1 Å². The van der Waals surface area contributed by atoms with Gasteiger partial charge in [-0.05, 0) is 31.4 Å². The summed E-state index contributed by atoms with van der Waals surface area (Å²) in [6, 6.07) is 7.62. The molecule has 1 saturated carbocycles. The van der Waals surface area contributed by atoms with Crippen molar-refractivity contribution in [2.45, 2.75) is 44.6 Å². The number of nitrogens with zero attached hydrogens (tertiary/aromatic N) is 4. The van der Waals surface area contributed by atoms with Gasteiger partial charge in [-0.15, -0.1) is 0 Å². The van der Waals surface area contributed by atoms with Crippen LogP contribution >= 0.6 is 0 Å². The number of hydrogen-bond donors (Lipinski definition) is 1. The third-order valence-corrected chi connectivity index (χ3v) is 4.46. The van der Waals surface area contributed by atoms with Gasteiger partial charge in [-0.2, -0.15) is 9.97 Å². The molecular formula is C17H19N5O2. The number of benzene rings is 1. The molecule has 0 saturated heterocycles. The monoisotopic (exact) mass is 325 g/mol. The fraction of sp³-hybridized carbons (Fsp3) is 0.412.